The number of hydrogen-bond acceptors (Lipinski definition) is 2. The average Bonchev–Trinajstić information content (AvgIpc) is 2.87. The number of anilines is 1. The second-order valence-corrected chi connectivity index (χ2v) is 5.71. The number of nitrogens with one attached hydrogen (secondary N) is 1. The van der Waals surface area contributed by atoms with Gasteiger partial charge in [0.2, 0.25) is 5.91 Å². The molecule has 0 spiro atoms. The van der Waals surface area contributed by atoms with Crippen LogP contribution < -0.4 is 10.1 Å². The molecular formula is C16H14BrNO2. The number of carbonyl (C=O) groups excluding carboxylic acids is 1. The smallest absolute Gasteiger partial charge is 0.235 e. The van der Waals surface area contributed by atoms with Crippen molar-refractivity contribution in [2.75, 3.05) is 11.9 Å². The Morgan fingerprint density at radius 1 is 1.30 bits per heavy atom. The second kappa shape index (κ2) is 5.29. The Balaban J connectivity index is 1.79. The molecule has 2 aromatic carbocycles. The van der Waals surface area contributed by atoms with Crippen LogP contribution in [0.25, 0.3) is 0 Å². The highest BCUT2D eigenvalue weighted by atomic mass is 79.9. The topological polar surface area (TPSA) is 38.3 Å². The van der Waals surface area contributed by atoms with E-state index in [-0.39, 0.29) is 11.8 Å². The Hall–Kier alpha value is -1.81. The zero-order valence-electron chi connectivity index (χ0n) is 11.0. The van der Waals surface area contributed by atoms with E-state index in [9.17, 15) is 4.79 Å². The fourth-order valence-corrected chi connectivity index (χ4v) is 2.58. The molecule has 0 radical (unpaired) electrons. The summed E-state index contributed by atoms with van der Waals surface area (Å²) in [6.45, 7) is 2.40. The minimum atomic E-state index is -0.241. The lowest BCUT2D eigenvalue weighted by molar-refractivity contribution is -0.117. The van der Waals surface area contributed by atoms with Crippen molar-refractivity contribution in [3.8, 4) is 5.75 Å². The lowest BCUT2D eigenvalue weighted by Crippen LogP contribution is -2.22. The molecule has 2 aromatic rings. The number of amides is 1. The number of benzene rings is 2. The molecule has 1 amide bonds. The Bertz CT molecular complexity index is 669. The fourth-order valence-electron chi connectivity index (χ4n) is 2.33. The minimum Gasteiger partial charge on any atom is -0.492 e. The lowest BCUT2D eigenvalue weighted by Gasteiger charge is -2.11. The first kappa shape index (κ1) is 13.2. The Kier molecular flexibility index (Phi) is 3.49. The van der Waals surface area contributed by atoms with Crippen LogP contribution in [0.2, 0.25) is 0 Å². The van der Waals surface area contributed by atoms with Crippen LogP contribution in [0.3, 0.4) is 0 Å². The molecule has 1 unspecified atom stereocenters. The number of rotatable bonds is 2. The predicted molar refractivity (Wildman–Crippen MR) is 82.2 cm³/mol. The van der Waals surface area contributed by atoms with Gasteiger partial charge in [-0.15, -0.1) is 0 Å². The van der Waals surface area contributed by atoms with Crippen LogP contribution in [0.15, 0.2) is 46.9 Å². The van der Waals surface area contributed by atoms with E-state index < -0.39 is 0 Å². The normalized spacial score (nSPS) is 16.4. The van der Waals surface area contributed by atoms with Crippen molar-refractivity contribution in [2.24, 2.45) is 0 Å². The third-order valence-electron chi connectivity index (χ3n) is 3.44. The third kappa shape index (κ3) is 2.43. The first-order valence-electron chi connectivity index (χ1n) is 6.44. The summed E-state index contributed by atoms with van der Waals surface area (Å²) >= 11 is 3.45. The summed E-state index contributed by atoms with van der Waals surface area (Å²) in [4.78, 5) is 12.4. The monoisotopic (exact) mass is 331 g/mol. The molecule has 0 saturated carbocycles. The molecule has 1 heterocycles. The maximum Gasteiger partial charge on any atom is 0.235 e. The van der Waals surface area contributed by atoms with Gasteiger partial charge in [-0.25, -0.2) is 0 Å². The van der Waals surface area contributed by atoms with Gasteiger partial charge in [0.25, 0.3) is 0 Å². The Morgan fingerprint density at radius 3 is 2.90 bits per heavy atom. The largest absolute Gasteiger partial charge is 0.492 e. The Morgan fingerprint density at radius 2 is 2.10 bits per heavy atom. The summed E-state index contributed by atoms with van der Waals surface area (Å²) in [5.41, 5.74) is 2.85. The van der Waals surface area contributed by atoms with Gasteiger partial charge in [0.05, 0.1) is 0 Å². The van der Waals surface area contributed by atoms with Crippen molar-refractivity contribution in [1.82, 2.24) is 0 Å². The summed E-state index contributed by atoms with van der Waals surface area (Å²) in [6, 6.07) is 13.4. The quantitative estimate of drug-likeness (QED) is 0.907. The van der Waals surface area contributed by atoms with Crippen LogP contribution in [0.1, 0.15) is 17.0 Å². The highest BCUT2D eigenvalue weighted by Gasteiger charge is 2.29. The molecule has 102 valence electrons. The predicted octanol–water partition coefficient (Wildman–Crippen LogP) is 3.87. The molecule has 1 aliphatic rings. The third-order valence-corrected chi connectivity index (χ3v) is 4.33. The van der Waals surface area contributed by atoms with Gasteiger partial charge in [-0.2, -0.15) is 0 Å². The van der Waals surface area contributed by atoms with E-state index in [4.69, 9.17) is 4.74 Å². The van der Waals surface area contributed by atoms with Gasteiger partial charge in [-0.3, -0.25) is 4.79 Å². The molecule has 1 aliphatic heterocycles. The minimum absolute atomic E-state index is 0.0309. The lowest BCUT2D eigenvalue weighted by atomic mass is 10.0. The molecule has 0 fully saturated rings. The zero-order chi connectivity index (χ0) is 14.1. The van der Waals surface area contributed by atoms with Crippen LogP contribution >= 0.6 is 15.9 Å². The van der Waals surface area contributed by atoms with Crippen molar-refractivity contribution in [2.45, 2.75) is 12.8 Å². The fraction of sp³-hybridized carbons (Fsp3) is 0.188. The van der Waals surface area contributed by atoms with Gasteiger partial charge in [0.15, 0.2) is 0 Å². The molecule has 0 aliphatic carbocycles. The molecule has 4 heteroatoms. The van der Waals surface area contributed by atoms with E-state index in [0.717, 1.165) is 27.0 Å². The van der Waals surface area contributed by atoms with Crippen molar-refractivity contribution in [1.29, 1.82) is 0 Å². The van der Waals surface area contributed by atoms with Gasteiger partial charge in [0, 0.05) is 15.7 Å². The first-order chi connectivity index (χ1) is 9.65. The summed E-state index contributed by atoms with van der Waals surface area (Å²) in [7, 11) is 0. The number of carbonyl (C=O) groups is 1. The second-order valence-electron chi connectivity index (χ2n) is 4.85. The Labute approximate surface area is 126 Å². The highest BCUT2D eigenvalue weighted by Crippen LogP contribution is 2.34. The van der Waals surface area contributed by atoms with E-state index in [1.165, 1.54) is 0 Å². The number of aryl methyl sites for hydroxylation is 1. The first-order valence-corrected chi connectivity index (χ1v) is 7.23. The SMILES string of the molecule is Cc1cc(NC(=O)C2COc3ccccc32)ccc1Br. The summed E-state index contributed by atoms with van der Waals surface area (Å²) in [6.07, 6.45) is 0. The standard InChI is InChI=1S/C16H14BrNO2/c1-10-8-11(6-7-14(10)17)18-16(19)13-9-20-15-5-3-2-4-12(13)15/h2-8,13H,9H2,1H3,(H,18,19). The number of halogens is 1. The van der Waals surface area contributed by atoms with Gasteiger partial charge < -0.3 is 10.1 Å². The molecule has 1 N–H and O–H groups in total. The van der Waals surface area contributed by atoms with Crippen LogP contribution in [0, 0.1) is 6.92 Å². The molecule has 0 saturated heterocycles. The number of fused-ring (bicyclic) bond motifs is 1. The summed E-state index contributed by atoms with van der Waals surface area (Å²) in [5, 5.41) is 2.95. The number of hydrogen-bond donors (Lipinski definition) is 1. The van der Waals surface area contributed by atoms with Crippen LogP contribution in [-0.2, 0) is 4.79 Å². The highest BCUT2D eigenvalue weighted by molar-refractivity contribution is 9.10. The molecule has 1 atom stereocenters. The van der Waals surface area contributed by atoms with E-state index in [2.05, 4.69) is 21.2 Å². The van der Waals surface area contributed by atoms with E-state index in [1.54, 1.807) is 0 Å². The van der Waals surface area contributed by atoms with E-state index >= 15 is 0 Å². The summed E-state index contributed by atoms with van der Waals surface area (Å²) in [5.74, 6) is 0.534. The van der Waals surface area contributed by atoms with Crippen molar-refractivity contribution in [3.05, 3.63) is 58.1 Å². The zero-order valence-corrected chi connectivity index (χ0v) is 12.6. The van der Waals surface area contributed by atoms with Crippen LogP contribution in [0.4, 0.5) is 5.69 Å². The van der Waals surface area contributed by atoms with Crippen molar-refractivity contribution in [3.63, 3.8) is 0 Å². The maximum atomic E-state index is 12.4. The molecule has 20 heavy (non-hydrogen) atoms. The van der Waals surface area contributed by atoms with Gasteiger partial charge in [0.1, 0.15) is 18.3 Å². The number of ether oxygens (including phenoxy) is 1. The maximum absolute atomic E-state index is 12.4. The molecule has 0 bridgehead atoms. The van der Waals surface area contributed by atoms with E-state index in [0.29, 0.717) is 6.61 Å². The average molecular weight is 332 g/mol. The van der Waals surface area contributed by atoms with Crippen molar-refractivity contribution >= 4 is 27.5 Å². The van der Waals surface area contributed by atoms with E-state index in [1.807, 2.05) is 49.4 Å². The molecule has 3 nitrogen and oxygen atoms in total. The summed E-state index contributed by atoms with van der Waals surface area (Å²) < 4.78 is 6.58. The van der Waals surface area contributed by atoms with Crippen molar-refractivity contribution < 1.29 is 9.53 Å². The molecular weight excluding hydrogens is 318 g/mol. The molecule has 3 rings (SSSR count). The number of para-hydroxylation sites is 1. The van der Waals surface area contributed by atoms with Gasteiger partial charge in [-0.05, 0) is 36.8 Å². The van der Waals surface area contributed by atoms with Gasteiger partial charge in [-0.1, -0.05) is 34.1 Å². The van der Waals surface area contributed by atoms with Gasteiger partial charge >= 0.3 is 0 Å². The van der Waals surface area contributed by atoms with Crippen LogP contribution in [-0.4, -0.2) is 12.5 Å². The molecule has 0 aromatic heterocycles. The van der Waals surface area contributed by atoms with Crippen LogP contribution in [0.5, 0.6) is 5.75 Å².